The molecule has 0 unspecified atom stereocenters. The van der Waals surface area contributed by atoms with E-state index in [0.29, 0.717) is 11.7 Å². The number of hydrogen-bond acceptors (Lipinski definition) is 4. The Bertz CT molecular complexity index is 678. The number of hydrogen-bond donors (Lipinski definition) is 0. The number of carbonyl (C=O) groups excluding carboxylic acids is 1. The van der Waals surface area contributed by atoms with Gasteiger partial charge in [0, 0.05) is 36.9 Å². The van der Waals surface area contributed by atoms with Gasteiger partial charge in [-0.05, 0) is 45.4 Å². The largest absolute Gasteiger partial charge is 0.335 e. The van der Waals surface area contributed by atoms with E-state index in [0.717, 1.165) is 56.0 Å². The Kier molecular flexibility index (Phi) is 5.66. The molecule has 0 N–H and O–H groups in total. The van der Waals surface area contributed by atoms with Crippen LogP contribution in [-0.4, -0.2) is 37.9 Å². The van der Waals surface area contributed by atoms with E-state index < -0.39 is 0 Å². The van der Waals surface area contributed by atoms with E-state index >= 15 is 0 Å². The number of imidazole rings is 1. The fraction of sp³-hybridized carbons (Fsp3) is 0.611. The quantitative estimate of drug-likeness (QED) is 0.801. The van der Waals surface area contributed by atoms with Gasteiger partial charge in [0.05, 0.1) is 5.01 Å². The van der Waals surface area contributed by atoms with E-state index in [-0.39, 0.29) is 5.91 Å². The SMILES string of the molecule is CCCc1nc(C(=O)N2CCCC[C@@H]2CCn2ccnc2C)cs1. The van der Waals surface area contributed by atoms with Crippen molar-refractivity contribution in [2.45, 2.75) is 65.0 Å². The zero-order valence-electron chi connectivity index (χ0n) is 14.6. The molecule has 1 saturated heterocycles. The third-order valence-corrected chi connectivity index (χ3v) is 5.66. The molecule has 3 rings (SSSR count). The second-order valence-corrected chi connectivity index (χ2v) is 7.42. The van der Waals surface area contributed by atoms with Crippen LogP contribution in [0.15, 0.2) is 17.8 Å². The smallest absolute Gasteiger partial charge is 0.273 e. The maximum Gasteiger partial charge on any atom is 0.273 e. The molecule has 0 aliphatic carbocycles. The lowest BCUT2D eigenvalue weighted by atomic mass is 9.99. The number of rotatable bonds is 6. The molecule has 0 radical (unpaired) electrons. The van der Waals surface area contributed by atoms with Crippen molar-refractivity contribution in [1.82, 2.24) is 19.4 Å². The molecule has 0 bridgehead atoms. The fourth-order valence-corrected chi connectivity index (χ4v) is 4.26. The van der Waals surface area contributed by atoms with Gasteiger partial charge in [0.2, 0.25) is 0 Å². The van der Waals surface area contributed by atoms with Gasteiger partial charge in [0.25, 0.3) is 5.91 Å². The van der Waals surface area contributed by atoms with Gasteiger partial charge < -0.3 is 9.47 Å². The van der Waals surface area contributed by atoms with E-state index in [1.807, 2.05) is 24.7 Å². The number of carbonyl (C=O) groups is 1. The Morgan fingerprint density at radius 2 is 2.29 bits per heavy atom. The van der Waals surface area contributed by atoms with Gasteiger partial charge in [-0.15, -0.1) is 11.3 Å². The lowest BCUT2D eigenvalue weighted by Crippen LogP contribution is -2.44. The third-order valence-electron chi connectivity index (χ3n) is 4.75. The minimum Gasteiger partial charge on any atom is -0.335 e. The predicted molar refractivity (Wildman–Crippen MR) is 96.4 cm³/mol. The molecular weight excluding hydrogens is 320 g/mol. The van der Waals surface area contributed by atoms with Crippen LogP contribution in [0.3, 0.4) is 0 Å². The standard InChI is InChI=1S/C18H26N4OS/c1-3-6-17-20-16(13-24-17)18(23)22-10-5-4-7-15(22)8-11-21-12-9-19-14(21)2/h9,12-13,15H,3-8,10-11H2,1-2H3/t15-/m1/s1. The van der Waals surface area contributed by atoms with Crippen LogP contribution >= 0.6 is 11.3 Å². The summed E-state index contributed by atoms with van der Waals surface area (Å²) in [6.45, 7) is 5.93. The van der Waals surface area contributed by atoms with E-state index in [1.165, 1.54) is 6.42 Å². The van der Waals surface area contributed by atoms with Crippen LogP contribution < -0.4 is 0 Å². The Hall–Kier alpha value is -1.69. The van der Waals surface area contributed by atoms with Crippen molar-refractivity contribution in [2.24, 2.45) is 0 Å². The molecule has 130 valence electrons. The molecule has 0 aromatic carbocycles. The normalized spacial score (nSPS) is 18.1. The predicted octanol–water partition coefficient (Wildman–Crippen LogP) is 3.69. The minimum atomic E-state index is 0.112. The highest BCUT2D eigenvalue weighted by molar-refractivity contribution is 7.09. The lowest BCUT2D eigenvalue weighted by Gasteiger charge is -2.35. The van der Waals surface area contributed by atoms with Gasteiger partial charge in [-0.3, -0.25) is 4.79 Å². The van der Waals surface area contributed by atoms with Gasteiger partial charge in [0.1, 0.15) is 11.5 Å². The van der Waals surface area contributed by atoms with E-state index in [9.17, 15) is 4.79 Å². The van der Waals surface area contributed by atoms with Crippen LogP contribution in [0.4, 0.5) is 0 Å². The first-order valence-corrected chi connectivity index (χ1v) is 9.80. The van der Waals surface area contributed by atoms with Crippen LogP contribution in [0.2, 0.25) is 0 Å². The van der Waals surface area contributed by atoms with Crippen molar-refractivity contribution in [3.05, 3.63) is 34.3 Å². The lowest BCUT2D eigenvalue weighted by molar-refractivity contribution is 0.0590. The monoisotopic (exact) mass is 346 g/mol. The first-order chi connectivity index (χ1) is 11.7. The zero-order chi connectivity index (χ0) is 16.9. The summed E-state index contributed by atoms with van der Waals surface area (Å²) in [6, 6.07) is 0.310. The molecule has 1 atom stereocenters. The van der Waals surface area contributed by atoms with Crippen molar-refractivity contribution in [1.29, 1.82) is 0 Å². The van der Waals surface area contributed by atoms with Crippen molar-refractivity contribution in [3.63, 3.8) is 0 Å². The molecular formula is C18H26N4OS. The Balaban J connectivity index is 1.66. The van der Waals surface area contributed by atoms with Gasteiger partial charge in [-0.2, -0.15) is 0 Å². The summed E-state index contributed by atoms with van der Waals surface area (Å²) < 4.78 is 2.17. The molecule has 3 heterocycles. The molecule has 0 spiro atoms. The summed E-state index contributed by atoms with van der Waals surface area (Å²) in [5, 5.41) is 3.00. The summed E-state index contributed by atoms with van der Waals surface area (Å²) in [6.07, 6.45) is 10.2. The van der Waals surface area contributed by atoms with Crippen molar-refractivity contribution < 1.29 is 4.79 Å². The number of piperidine rings is 1. The molecule has 1 aliphatic heterocycles. The van der Waals surface area contributed by atoms with Gasteiger partial charge in [-0.25, -0.2) is 9.97 Å². The molecule has 6 heteroatoms. The second-order valence-electron chi connectivity index (χ2n) is 6.48. The van der Waals surface area contributed by atoms with Crippen LogP contribution in [-0.2, 0) is 13.0 Å². The molecule has 2 aromatic rings. The van der Waals surface area contributed by atoms with Crippen molar-refractivity contribution >= 4 is 17.2 Å². The first kappa shape index (κ1) is 17.1. The van der Waals surface area contributed by atoms with Gasteiger partial charge in [0.15, 0.2) is 0 Å². The van der Waals surface area contributed by atoms with E-state index in [2.05, 4.69) is 26.4 Å². The topological polar surface area (TPSA) is 51.0 Å². The zero-order valence-corrected chi connectivity index (χ0v) is 15.4. The highest BCUT2D eigenvalue weighted by Gasteiger charge is 2.28. The van der Waals surface area contributed by atoms with Gasteiger partial charge >= 0.3 is 0 Å². The molecule has 24 heavy (non-hydrogen) atoms. The number of aryl methyl sites for hydroxylation is 3. The maximum absolute atomic E-state index is 12.9. The summed E-state index contributed by atoms with van der Waals surface area (Å²) >= 11 is 1.61. The second kappa shape index (κ2) is 7.92. The maximum atomic E-state index is 12.9. The first-order valence-electron chi connectivity index (χ1n) is 8.92. The minimum absolute atomic E-state index is 0.112. The van der Waals surface area contributed by atoms with E-state index in [4.69, 9.17) is 0 Å². The molecule has 2 aromatic heterocycles. The highest BCUT2D eigenvalue weighted by Crippen LogP contribution is 2.23. The Labute approximate surface area is 147 Å². The summed E-state index contributed by atoms with van der Waals surface area (Å²) in [5.41, 5.74) is 0.633. The van der Waals surface area contributed by atoms with Crippen molar-refractivity contribution in [2.75, 3.05) is 6.54 Å². The summed E-state index contributed by atoms with van der Waals surface area (Å²) in [5.74, 6) is 1.15. The molecule has 1 amide bonds. The average molecular weight is 346 g/mol. The Morgan fingerprint density at radius 3 is 3.04 bits per heavy atom. The fourth-order valence-electron chi connectivity index (χ4n) is 3.38. The molecule has 1 aliphatic rings. The number of aromatic nitrogens is 3. The summed E-state index contributed by atoms with van der Waals surface area (Å²) in [7, 11) is 0. The number of nitrogens with zero attached hydrogens (tertiary/aromatic N) is 4. The Morgan fingerprint density at radius 1 is 1.42 bits per heavy atom. The molecule has 1 fully saturated rings. The number of thiazole rings is 1. The van der Waals surface area contributed by atoms with Gasteiger partial charge in [-0.1, -0.05) is 6.92 Å². The number of amides is 1. The number of likely N-dealkylation sites (tertiary alicyclic amines) is 1. The van der Waals surface area contributed by atoms with Crippen LogP contribution in [0.25, 0.3) is 0 Å². The molecule has 5 nitrogen and oxygen atoms in total. The third kappa shape index (κ3) is 3.86. The highest BCUT2D eigenvalue weighted by atomic mass is 32.1. The van der Waals surface area contributed by atoms with Crippen LogP contribution in [0.1, 0.15) is 60.3 Å². The summed E-state index contributed by atoms with van der Waals surface area (Å²) in [4.78, 5) is 23.8. The average Bonchev–Trinajstić information content (AvgIpc) is 3.22. The van der Waals surface area contributed by atoms with E-state index in [1.54, 1.807) is 11.3 Å². The van der Waals surface area contributed by atoms with Crippen LogP contribution in [0.5, 0.6) is 0 Å². The van der Waals surface area contributed by atoms with Crippen LogP contribution in [0, 0.1) is 6.92 Å². The van der Waals surface area contributed by atoms with Crippen molar-refractivity contribution in [3.8, 4) is 0 Å². The molecule has 0 saturated carbocycles.